The monoisotopic (exact) mass is 256 g/mol. The highest BCUT2D eigenvalue weighted by molar-refractivity contribution is 5.93. The summed E-state index contributed by atoms with van der Waals surface area (Å²) >= 11 is 0. The lowest BCUT2D eigenvalue weighted by Crippen LogP contribution is -1.96. The van der Waals surface area contributed by atoms with Crippen molar-refractivity contribution >= 4 is 16.9 Å². The van der Waals surface area contributed by atoms with Crippen molar-refractivity contribution in [1.82, 2.24) is 0 Å². The Hall–Kier alpha value is -2.36. The molecule has 1 aromatic heterocycles. The van der Waals surface area contributed by atoms with Crippen LogP contribution in [0.3, 0.4) is 0 Å². The van der Waals surface area contributed by atoms with Crippen molar-refractivity contribution < 1.29 is 9.15 Å². The van der Waals surface area contributed by atoms with Gasteiger partial charge in [0, 0.05) is 23.2 Å². The Morgan fingerprint density at radius 1 is 1.47 bits per heavy atom. The van der Waals surface area contributed by atoms with Gasteiger partial charge in [-0.15, -0.1) is 0 Å². The van der Waals surface area contributed by atoms with Gasteiger partial charge in [-0.3, -0.25) is 0 Å². The Morgan fingerprint density at radius 3 is 3.11 bits per heavy atom. The van der Waals surface area contributed by atoms with E-state index in [0.717, 1.165) is 40.4 Å². The molecule has 3 N–H and O–H groups in total. The molecule has 4 nitrogen and oxygen atoms in total. The molecule has 2 heterocycles. The lowest BCUT2D eigenvalue weighted by Gasteiger charge is -2.07. The zero-order chi connectivity index (χ0) is 13.2. The molecule has 4 heteroatoms. The fourth-order valence-electron chi connectivity index (χ4n) is 2.27. The molecule has 0 bridgehead atoms. The lowest BCUT2D eigenvalue weighted by molar-refractivity contribution is 0.270. The highest BCUT2D eigenvalue weighted by Gasteiger charge is 2.20. The first-order valence-corrected chi connectivity index (χ1v) is 6.32. The minimum atomic E-state index is 0.659. The number of rotatable bonds is 3. The summed E-state index contributed by atoms with van der Waals surface area (Å²) in [6.45, 7) is 3.36. The van der Waals surface area contributed by atoms with E-state index < -0.39 is 0 Å². The maximum atomic E-state index is 6.10. The molecule has 0 unspecified atom stereocenters. The SMILES string of the molecule is CCOC=C1CNc2c(N)cc(-c3ccco3)cc21. The molecule has 0 spiro atoms. The summed E-state index contributed by atoms with van der Waals surface area (Å²) in [6, 6.07) is 7.80. The third kappa shape index (κ3) is 2.05. The third-order valence-corrected chi connectivity index (χ3v) is 3.17. The molecular weight excluding hydrogens is 240 g/mol. The number of ether oxygens (including phenoxy) is 1. The van der Waals surface area contributed by atoms with Gasteiger partial charge in [0.15, 0.2) is 0 Å². The number of fused-ring (bicyclic) bond motifs is 1. The minimum Gasteiger partial charge on any atom is -0.501 e. The van der Waals surface area contributed by atoms with Crippen LogP contribution < -0.4 is 11.1 Å². The van der Waals surface area contributed by atoms with Crippen LogP contribution in [-0.2, 0) is 4.74 Å². The van der Waals surface area contributed by atoms with E-state index >= 15 is 0 Å². The summed E-state index contributed by atoms with van der Waals surface area (Å²) in [6.07, 6.45) is 3.46. The van der Waals surface area contributed by atoms with Crippen molar-refractivity contribution in [1.29, 1.82) is 0 Å². The molecule has 2 aromatic rings. The van der Waals surface area contributed by atoms with Crippen molar-refractivity contribution in [3.63, 3.8) is 0 Å². The fraction of sp³-hybridized carbons (Fsp3) is 0.200. The van der Waals surface area contributed by atoms with Gasteiger partial charge in [-0.05, 0) is 31.2 Å². The Kier molecular flexibility index (Phi) is 2.91. The highest BCUT2D eigenvalue weighted by atomic mass is 16.5. The van der Waals surface area contributed by atoms with Crippen molar-refractivity contribution in [3.8, 4) is 11.3 Å². The average Bonchev–Trinajstić information content (AvgIpc) is 3.06. The first kappa shape index (κ1) is 11.7. The van der Waals surface area contributed by atoms with Crippen LogP contribution in [0.1, 0.15) is 12.5 Å². The normalized spacial score (nSPS) is 15.3. The van der Waals surface area contributed by atoms with E-state index in [4.69, 9.17) is 14.9 Å². The van der Waals surface area contributed by atoms with E-state index in [1.165, 1.54) is 0 Å². The largest absolute Gasteiger partial charge is 0.501 e. The number of hydrogen-bond donors (Lipinski definition) is 2. The average molecular weight is 256 g/mol. The third-order valence-electron chi connectivity index (χ3n) is 3.17. The topological polar surface area (TPSA) is 60.4 Å². The number of furan rings is 1. The standard InChI is InChI=1S/C15H16N2O2/c1-2-18-9-11-8-17-15-12(11)6-10(7-13(15)16)14-4-3-5-19-14/h3-7,9,17H,2,8,16H2,1H3. The van der Waals surface area contributed by atoms with Crippen LogP contribution >= 0.6 is 0 Å². The Bertz CT molecular complexity index is 615. The number of benzene rings is 1. The molecule has 0 saturated carbocycles. The first-order chi connectivity index (χ1) is 9.29. The van der Waals surface area contributed by atoms with Crippen molar-refractivity contribution in [2.24, 2.45) is 0 Å². The van der Waals surface area contributed by atoms with Gasteiger partial charge in [-0.25, -0.2) is 0 Å². The molecule has 0 atom stereocenters. The van der Waals surface area contributed by atoms with Crippen LogP contribution in [0.15, 0.2) is 41.2 Å². The van der Waals surface area contributed by atoms with Crippen LogP contribution in [0.25, 0.3) is 16.9 Å². The quantitative estimate of drug-likeness (QED) is 0.653. The Morgan fingerprint density at radius 2 is 2.37 bits per heavy atom. The van der Waals surface area contributed by atoms with Crippen LogP contribution in [0.2, 0.25) is 0 Å². The van der Waals surface area contributed by atoms with Crippen LogP contribution in [0, 0.1) is 0 Å². The van der Waals surface area contributed by atoms with E-state index in [9.17, 15) is 0 Å². The summed E-state index contributed by atoms with van der Waals surface area (Å²) in [5.74, 6) is 0.817. The summed E-state index contributed by atoms with van der Waals surface area (Å²) in [7, 11) is 0. The minimum absolute atomic E-state index is 0.659. The van der Waals surface area contributed by atoms with Crippen LogP contribution in [0.5, 0.6) is 0 Å². The molecule has 0 fully saturated rings. The molecule has 3 rings (SSSR count). The van der Waals surface area contributed by atoms with Gasteiger partial charge in [0.25, 0.3) is 0 Å². The molecule has 0 aliphatic carbocycles. The van der Waals surface area contributed by atoms with Gasteiger partial charge >= 0.3 is 0 Å². The van der Waals surface area contributed by atoms with E-state index in [2.05, 4.69) is 11.4 Å². The van der Waals surface area contributed by atoms with Crippen LogP contribution in [0.4, 0.5) is 11.4 Å². The highest BCUT2D eigenvalue weighted by Crippen LogP contribution is 2.39. The van der Waals surface area contributed by atoms with Gasteiger partial charge in [-0.1, -0.05) is 0 Å². The van der Waals surface area contributed by atoms with E-state index in [1.54, 1.807) is 12.5 Å². The fourth-order valence-corrected chi connectivity index (χ4v) is 2.27. The van der Waals surface area contributed by atoms with Crippen molar-refractivity contribution in [3.05, 3.63) is 42.4 Å². The molecular formula is C15H16N2O2. The second-order valence-electron chi connectivity index (χ2n) is 4.42. The summed E-state index contributed by atoms with van der Waals surface area (Å²) in [5.41, 5.74) is 11.0. The molecule has 1 aliphatic rings. The number of hydrogen-bond acceptors (Lipinski definition) is 4. The van der Waals surface area contributed by atoms with Gasteiger partial charge in [0.05, 0.1) is 30.5 Å². The number of nitrogens with two attached hydrogens (primary N) is 1. The Balaban J connectivity index is 2.07. The molecule has 98 valence electrons. The van der Waals surface area contributed by atoms with E-state index in [0.29, 0.717) is 6.61 Å². The maximum Gasteiger partial charge on any atom is 0.133 e. The molecule has 1 aromatic carbocycles. The molecule has 0 radical (unpaired) electrons. The Labute approximate surface area is 111 Å². The van der Waals surface area contributed by atoms with E-state index in [-0.39, 0.29) is 0 Å². The smallest absolute Gasteiger partial charge is 0.133 e. The van der Waals surface area contributed by atoms with E-state index in [1.807, 2.05) is 25.1 Å². The predicted molar refractivity (Wildman–Crippen MR) is 76.6 cm³/mol. The number of anilines is 2. The lowest BCUT2D eigenvalue weighted by atomic mass is 10.0. The zero-order valence-electron chi connectivity index (χ0n) is 10.8. The predicted octanol–water partition coefficient (Wildman–Crippen LogP) is 3.33. The van der Waals surface area contributed by atoms with Gasteiger partial charge < -0.3 is 20.2 Å². The number of nitrogen functional groups attached to an aromatic ring is 1. The second-order valence-corrected chi connectivity index (χ2v) is 4.42. The summed E-state index contributed by atoms with van der Waals surface area (Å²) in [5, 5.41) is 3.30. The molecule has 19 heavy (non-hydrogen) atoms. The first-order valence-electron chi connectivity index (χ1n) is 6.32. The summed E-state index contributed by atoms with van der Waals surface area (Å²) < 4.78 is 10.8. The molecule has 0 amide bonds. The molecule has 0 saturated heterocycles. The maximum absolute atomic E-state index is 6.10. The number of nitrogens with one attached hydrogen (secondary N) is 1. The van der Waals surface area contributed by atoms with Crippen LogP contribution in [-0.4, -0.2) is 13.2 Å². The zero-order valence-corrected chi connectivity index (χ0v) is 10.8. The molecule has 1 aliphatic heterocycles. The van der Waals surface area contributed by atoms with Crippen molar-refractivity contribution in [2.45, 2.75) is 6.92 Å². The van der Waals surface area contributed by atoms with Gasteiger partial charge in [0.2, 0.25) is 0 Å². The van der Waals surface area contributed by atoms with Gasteiger partial charge in [-0.2, -0.15) is 0 Å². The summed E-state index contributed by atoms with van der Waals surface area (Å²) in [4.78, 5) is 0. The van der Waals surface area contributed by atoms with Crippen molar-refractivity contribution in [2.75, 3.05) is 24.2 Å². The van der Waals surface area contributed by atoms with Gasteiger partial charge in [0.1, 0.15) is 5.76 Å². The second kappa shape index (κ2) is 4.72.